The fourth-order valence-corrected chi connectivity index (χ4v) is 2.95. The van der Waals surface area contributed by atoms with Crippen molar-refractivity contribution in [2.75, 3.05) is 13.1 Å². The Labute approximate surface area is 132 Å². The van der Waals surface area contributed by atoms with E-state index in [1.54, 1.807) is 11.0 Å². The Hall–Kier alpha value is -2.51. The molecule has 0 aromatic carbocycles. The topological polar surface area (TPSA) is 85.9 Å². The average Bonchev–Trinajstić information content (AvgIpc) is 3.09. The SMILES string of the molecule is O=C(Cn1ncccc1=O)N1CC[C@H](n2cc(C3CC3)nn2)C1. The zero-order valence-corrected chi connectivity index (χ0v) is 12.7. The van der Waals surface area contributed by atoms with Gasteiger partial charge in [0.25, 0.3) is 5.56 Å². The maximum Gasteiger partial charge on any atom is 0.267 e. The standard InChI is InChI=1S/C15H18N6O2/c22-14-2-1-6-16-21(14)10-15(23)19-7-5-12(8-19)20-9-13(17-18-20)11-3-4-11/h1-2,6,9,11-12H,3-5,7-8,10H2/t12-/m0/s1. The summed E-state index contributed by atoms with van der Waals surface area (Å²) in [5.74, 6) is 0.495. The molecule has 2 aromatic rings. The third kappa shape index (κ3) is 2.88. The van der Waals surface area contributed by atoms with Crippen molar-refractivity contribution in [1.82, 2.24) is 29.7 Å². The number of hydrogen-bond donors (Lipinski definition) is 0. The summed E-state index contributed by atoms with van der Waals surface area (Å²) in [4.78, 5) is 25.8. The number of likely N-dealkylation sites (tertiary alicyclic amines) is 1. The smallest absolute Gasteiger partial charge is 0.267 e. The molecule has 0 spiro atoms. The summed E-state index contributed by atoms with van der Waals surface area (Å²) in [5.41, 5.74) is 0.803. The number of carbonyl (C=O) groups excluding carboxylic acids is 1. The van der Waals surface area contributed by atoms with Gasteiger partial charge in [-0.25, -0.2) is 9.36 Å². The van der Waals surface area contributed by atoms with Crippen LogP contribution in [0.5, 0.6) is 0 Å². The van der Waals surface area contributed by atoms with Crippen molar-refractivity contribution in [3.63, 3.8) is 0 Å². The van der Waals surface area contributed by atoms with Crippen molar-refractivity contribution in [3.8, 4) is 0 Å². The average molecular weight is 314 g/mol. The zero-order chi connectivity index (χ0) is 15.8. The number of nitrogens with zero attached hydrogens (tertiary/aromatic N) is 6. The number of aromatic nitrogens is 5. The normalized spacial score (nSPS) is 20.9. The number of carbonyl (C=O) groups is 1. The molecule has 0 N–H and O–H groups in total. The molecular weight excluding hydrogens is 296 g/mol. The van der Waals surface area contributed by atoms with Gasteiger partial charge in [-0.1, -0.05) is 5.21 Å². The number of rotatable bonds is 4. The van der Waals surface area contributed by atoms with E-state index >= 15 is 0 Å². The van der Waals surface area contributed by atoms with Gasteiger partial charge in [0.2, 0.25) is 5.91 Å². The van der Waals surface area contributed by atoms with Crippen LogP contribution >= 0.6 is 0 Å². The molecule has 1 saturated heterocycles. The molecule has 1 aliphatic carbocycles. The molecule has 8 heteroatoms. The Balaban J connectivity index is 1.40. The first-order valence-corrected chi connectivity index (χ1v) is 7.92. The van der Waals surface area contributed by atoms with E-state index in [0.29, 0.717) is 19.0 Å². The van der Waals surface area contributed by atoms with Gasteiger partial charge < -0.3 is 4.90 Å². The van der Waals surface area contributed by atoms with Gasteiger partial charge in [-0.3, -0.25) is 9.59 Å². The highest BCUT2D eigenvalue weighted by atomic mass is 16.2. The van der Waals surface area contributed by atoms with E-state index in [0.717, 1.165) is 12.1 Å². The van der Waals surface area contributed by atoms with Gasteiger partial charge in [0.05, 0.1) is 11.7 Å². The van der Waals surface area contributed by atoms with E-state index < -0.39 is 0 Å². The lowest BCUT2D eigenvalue weighted by molar-refractivity contribution is -0.131. The van der Waals surface area contributed by atoms with Crippen LogP contribution in [0.4, 0.5) is 0 Å². The predicted molar refractivity (Wildman–Crippen MR) is 80.7 cm³/mol. The van der Waals surface area contributed by atoms with E-state index in [4.69, 9.17) is 0 Å². The Kier molecular flexibility index (Phi) is 3.44. The van der Waals surface area contributed by atoms with Crippen LogP contribution < -0.4 is 5.56 Å². The molecule has 3 heterocycles. The van der Waals surface area contributed by atoms with Crippen molar-refractivity contribution in [2.45, 2.75) is 37.8 Å². The highest BCUT2D eigenvalue weighted by molar-refractivity contribution is 5.76. The van der Waals surface area contributed by atoms with Crippen LogP contribution in [0.2, 0.25) is 0 Å². The van der Waals surface area contributed by atoms with Gasteiger partial charge in [0, 0.05) is 37.5 Å². The Morgan fingerprint density at radius 3 is 2.96 bits per heavy atom. The van der Waals surface area contributed by atoms with Gasteiger partial charge >= 0.3 is 0 Å². The number of hydrogen-bond acceptors (Lipinski definition) is 5. The minimum Gasteiger partial charge on any atom is -0.339 e. The second-order valence-corrected chi connectivity index (χ2v) is 6.20. The van der Waals surface area contributed by atoms with E-state index in [1.807, 2.05) is 10.9 Å². The number of amides is 1. The van der Waals surface area contributed by atoms with Crippen LogP contribution in [0.1, 0.15) is 36.9 Å². The molecule has 1 aliphatic heterocycles. The van der Waals surface area contributed by atoms with E-state index in [1.165, 1.54) is 29.8 Å². The van der Waals surface area contributed by atoms with Gasteiger partial charge in [-0.15, -0.1) is 5.10 Å². The third-order valence-electron chi connectivity index (χ3n) is 4.48. The maximum absolute atomic E-state index is 12.3. The summed E-state index contributed by atoms with van der Waals surface area (Å²) in [6.07, 6.45) is 6.78. The third-order valence-corrected chi connectivity index (χ3v) is 4.48. The molecule has 1 saturated carbocycles. The summed E-state index contributed by atoms with van der Waals surface area (Å²) in [7, 11) is 0. The summed E-state index contributed by atoms with van der Waals surface area (Å²) in [6.45, 7) is 1.26. The summed E-state index contributed by atoms with van der Waals surface area (Å²) in [5, 5.41) is 12.4. The fraction of sp³-hybridized carbons (Fsp3) is 0.533. The highest BCUT2D eigenvalue weighted by Gasteiger charge is 2.31. The molecule has 2 fully saturated rings. The van der Waals surface area contributed by atoms with Gasteiger partial charge in [-0.2, -0.15) is 5.10 Å². The lowest BCUT2D eigenvalue weighted by atomic mass is 10.2. The minimum absolute atomic E-state index is 0.0168. The lowest BCUT2D eigenvalue weighted by Crippen LogP contribution is -2.36. The first kappa shape index (κ1) is 14.1. The molecule has 0 radical (unpaired) electrons. The Bertz CT molecular complexity index is 778. The monoisotopic (exact) mass is 314 g/mol. The molecule has 0 bridgehead atoms. The van der Waals surface area contributed by atoms with Crippen molar-refractivity contribution in [1.29, 1.82) is 0 Å². The maximum atomic E-state index is 12.3. The van der Waals surface area contributed by atoms with Crippen LogP contribution in [0.3, 0.4) is 0 Å². The van der Waals surface area contributed by atoms with Gasteiger partial charge in [-0.05, 0) is 25.3 Å². The van der Waals surface area contributed by atoms with E-state index in [9.17, 15) is 9.59 Å². The molecule has 1 amide bonds. The van der Waals surface area contributed by atoms with Crippen LogP contribution in [0, 0.1) is 0 Å². The van der Waals surface area contributed by atoms with Crippen LogP contribution in [-0.2, 0) is 11.3 Å². The van der Waals surface area contributed by atoms with Crippen LogP contribution in [0.15, 0.2) is 29.3 Å². The molecule has 2 aromatic heterocycles. The van der Waals surface area contributed by atoms with Crippen molar-refractivity contribution >= 4 is 5.91 Å². The minimum atomic E-state index is -0.262. The van der Waals surface area contributed by atoms with E-state index in [2.05, 4.69) is 15.4 Å². The first-order valence-electron chi connectivity index (χ1n) is 7.92. The van der Waals surface area contributed by atoms with Crippen molar-refractivity contribution in [2.24, 2.45) is 0 Å². The van der Waals surface area contributed by atoms with Crippen LogP contribution in [0.25, 0.3) is 0 Å². The Morgan fingerprint density at radius 1 is 1.30 bits per heavy atom. The molecule has 1 atom stereocenters. The first-order chi connectivity index (χ1) is 11.2. The fourth-order valence-electron chi connectivity index (χ4n) is 2.95. The molecule has 120 valence electrons. The molecule has 4 rings (SSSR count). The highest BCUT2D eigenvalue weighted by Crippen LogP contribution is 2.39. The molecular formula is C15H18N6O2. The largest absolute Gasteiger partial charge is 0.339 e. The van der Waals surface area contributed by atoms with E-state index in [-0.39, 0.29) is 24.1 Å². The van der Waals surface area contributed by atoms with Crippen molar-refractivity contribution < 1.29 is 4.79 Å². The summed E-state index contributed by atoms with van der Waals surface area (Å²) < 4.78 is 3.07. The van der Waals surface area contributed by atoms with Gasteiger partial charge in [0.1, 0.15) is 6.54 Å². The summed E-state index contributed by atoms with van der Waals surface area (Å²) >= 11 is 0. The second kappa shape index (κ2) is 5.60. The molecule has 0 unspecified atom stereocenters. The second-order valence-electron chi connectivity index (χ2n) is 6.20. The summed E-state index contributed by atoms with van der Waals surface area (Å²) in [6, 6.07) is 3.14. The quantitative estimate of drug-likeness (QED) is 0.804. The van der Waals surface area contributed by atoms with Gasteiger partial charge in [0.15, 0.2) is 0 Å². The van der Waals surface area contributed by atoms with Crippen LogP contribution in [-0.4, -0.2) is 48.7 Å². The van der Waals surface area contributed by atoms with Crippen molar-refractivity contribution in [3.05, 3.63) is 40.6 Å². The Morgan fingerprint density at radius 2 is 2.17 bits per heavy atom. The zero-order valence-electron chi connectivity index (χ0n) is 12.7. The molecule has 23 heavy (non-hydrogen) atoms. The lowest BCUT2D eigenvalue weighted by Gasteiger charge is -2.16. The molecule has 8 nitrogen and oxygen atoms in total. The predicted octanol–water partition coefficient (Wildman–Crippen LogP) is 0.186. The molecule has 2 aliphatic rings.